The molecular formula is C14H13ClFN5. The summed E-state index contributed by atoms with van der Waals surface area (Å²) in [6.45, 7) is 2.70. The Morgan fingerprint density at radius 1 is 1.38 bits per heavy atom. The molecule has 0 aliphatic rings. The molecule has 0 aliphatic heterocycles. The summed E-state index contributed by atoms with van der Waals surface area (Å²) in [7, 11) is 0. The lowest BCUT2D eigenvalue weighted by atomic mass is 10.3. The van der Waals surface area contributed by atoms with Gasteiger partial charge in [0.05, 0.1) is 16.9 Å². The quantitative estimate of drug-likeness (QED) is 0.772. The highest BCUT2D eigenvalue weighted by Crippen LogP contribution is 2.29. The fourth-order valence-corrected chi connectivity index (χ4v) is 2.23. The minimum absolute atomic E-state index is 0.185. The summed E-state index contributed by atoms with van der Waals surface area (Å²) in [5.41, 5.74) is 0.779. The number of nitrogens with zero attached hydrogens (tertiary/aromatic N) is 3. The molecule has 5 nitrogen and oxygen atoms in total. The highest BCUT2D eigenvalue weighted by atomic mass is 35.5. The Morgan fingerprint density at radius 2 is 2.24 bits per heavy atom. The fourth-order valence-electron chi connectivity index (χ4n) is 2.02. The van der Waals surface area contributed by atoms with E-state index in [-0.39, 0.29) is 10.7 Å². The first kappa shape index (κ1) is 13.6. The van der Waals surface area contributed by atoms with Gasteiger partial charge in [0.25, 0.3) is 0 Å². The summed E-state index contributed by atoms with van der Waals surface area (Å²) in [4.78, 5) is 8.63. The highest BCUT2D eigenvalue weighted by molar-refractivity contribution is 6.33. The van der Waals surface area contributed by atoms with Crippen LogP contribution in [0.5, 0.6) is 0 Å². The first-order valence-corrected chi connectivity index (χ1v) is 6.85. The SMILES string of the molecule is CCNc1cn2ccnc2c(Nc2c(F)cccc2Cl)n1. The van der Waals surface area contributed by atoms with E-state index in [9.17, 15) is 4.39 Å². The third kappa shape index (κ3) is 2.62. The van der Waals surface area contributed by atoms with Crippen molar-refractivity contribution in [2.24, 2.45) is 0 Å². The number of rotatable bonds is 4. The van der Waals surface area contributed by atoms with E-state index in [1.54, 1.807) is 24.5 Å². The van der Waals surface area contributed by atoms with Crippen molar-refractivity contribution in [2.75, 3.05) is 17.2 Å². The number of nitrogens with one attached hydrogen (secondary N) is 2. The summed E-state index contributed by atoms with van der Waals surface area (Å²) in [6, 6.07) is 4.51. The van der Waals surface area contributed by atoms with Gasteiger partial charge in [-0.05, 0) is 19.1 Å². The zero-order chi connectivity index (χ0) is 14.8. The van der Waals surface area contributed by atoms with Crippen LogP contribution in [-0.4, -0.2) is 20.9 Å². The molecule has 0 unspecified atom stereocenters. The first-order valence-electron chi connectivity index (χ1n) is 6.47. The second-order valence-electron chi connectivity index (χ2n) is 4.38. The number of hydrogen-bond acceptors (Lipinski definition) is 4. The molecule has 0 atom stereocenters. The minimum Gasteiger partial charge on any atom is -0.369 e. The number of aromatic nitrogens is 3. The van der Waals surface area contributed by atoms with E-state index >= 15 is 0 Å². The van der Waals surface area contributed by atoms with Crippen LogP contribution in [0.4, 0.5) is 21.7 Å². The molecule has 0 saturated heterocycles. The second kappa shape index (κ2) is 5.57. The Hall–Kier alpha value is -2.34. The Morgan fingerprint density at radius 3 is 3.00 bits per heavy atom. The Kier molecular flexibility index (Phi) is 3.62. The van der Waals surface area contributed by atoms with Crippen LogP contribution in [0.1, 0.15) is 6.92 Å². The van der Waals surface area contributed by atoms with Crippen LogP contribution < -0.4 is 10.6 Å². The largest absolute Gasteiger partial charge is 0.369 e. The van der Waals surface area contributed by atoms with Gasteiger partial charge in [-0.2, -0.15) is 0 Å². The Bertz CT molecular complexity index is 766. The molecule has 0 bridgehead atoms. The Balaban J connectivity index is 2.09. The molecule has 0 fully saturated rings. The van der Waals surface area contributed by atoms with Gasteiger partial charge in [0.1, 0.15) is 11.6 Å². The normalized spacial score (nSPS) is 10.8. The van der Waals surface area contributed by atoms with Gasteiger partial charge in [-0.25, -0.2) is 14.4 Å². The molecule has 1 aromatic carbocycles. The number of fused-ring (bicyclic) bond motifs is 1. The van der Waals surface area contributed by atoms with E-state index in [0.717, 1.165) is 6.54 Å². The minimum atomic E-state index is -0.442. The lowest BCUT2D eigenvalue weighted by Crippen LogP contribution is -2.06. The topological polar surface area (TPSA) is 54.2 Å². The van der Waals surface area contributed by atoms with Crippen molar-refractivity contribution in [3.05, 3.63) is 47.6 Å². The van der Waals surface area contributed by atoms with Crippen molar-refractivity contribution >= 4 is 34.6 Å². The molecule has 21 heavy (non-hydrogen) atoms. The zero-order valence-electron chi connectivity index (χ0n) is 11.3. The second-order valence-corrected chi connectivity index (χ2v) is 4.79. The van der Waals surface area contributed by atoms with Gasteiger partial charge in [0.2, 0.25) is 0 Å². The highest BCUT2D eigenvalue weighted by Gasteiger charge is 2.12. The van der Waals surface area contributed by atoms with Gasteiger partial charge in [-0.1, -0.05) is 17.7 Å². The van der Waals surface area contributed by atoms with Crippen LogP contribution in [0.15, 0.2) is 36.8 Å². The summed E-state index contributed by atoms with van der Waals surface area (Å²) in [5, 5.41) is 6.33. The molecule has 108 valence electrons. The number of anilines is 3. The third-order valence-electron chi connectivity index (χ3n) is 2.94. The third-order valence-corrected chi connectivity index (χ3v) is 3.25. The van der Waals surface area contributed by atoms with Crippen molar-refractivity contribution in [3.63, 3.8) is 0 Å². The zero-order valence-corrected chi connectivity index (χ0v) is 12.0. The summed E-state index contributed by atoms with van der Waals surface area (Å²) < 4.78 is 15.7. The van der Waals surface area contributed by atoms with Crippen molar-refractivity contribution in [2.45, 2.75) is 6.92 Å². The molecule has 3 rings (SSSR count). The van der Waals surface area contributed by atoms with E-state index < -0.39 is 5.82 Å². The van der Waals surface area contributed by atoms with Gasteiger partial charge >= 0.3 is 0 Å². The number of imidazole rings is 1. The maximum absolute atomic E-state index is 13.9. The van der Waals surface area contributed by atoms with Gasteiger partial charge in [0.15, 0.2) is 11.5 Å². The van der Waals surface area contributed by atoms with Gasteiger partial charge in [-0.3, -0.25) is 0 Å². The lowest BCUT2D eigenvalue weighted by Gasteiger charge is -2.11. The molecule has 0 amide bonds. The van der Waals surface area contributed by atoms with E-state index in [1.807, 2.05) is 17.5 Å². The number of para-hydroxylation sites is 1. The summed E-state index contributed by atoms with van der Waals surface area (Å²) >= 11 is 6.03. The van der Waals surface area contributed by atoms with E-state index in [2.05, 4.69) is 20.6 Å². The standard InChI is InChI=1S/C14H13ClFN5/c1-2-17-11-8-21-7-6-18-14(21)13(19-11)20-12-9(15)4-3-5-10(12)16/h3-8,17H,2H2,1H3,(H,19,20). The van der Waals surface area contributed by atoms with Crippen molar-refractivity contribution < 1.29 is 4.39 Å². The smallest absolute Gasteiger partial charge is 0.180 e. The molecule has 3 aromatic rings. The van der Waals surface area contributed by atoms with Gasteiger partial charge in [0, 0.05) is 18.9 Å². The summed E-state index contributed by atoms with van der Waals surface area (Å²) in [6.07, 6.45) is 5.27. The van der Waals surface area contributed by atoms with Crippen LogP contribution in [0.3, 0.4) is 0 Å². The van der Waals surface area contributed by atoms with Crippen molar-refractivity contribution in [3.8, 4) is 0 Å². The molecule has 7 heteroatoms. The predicted molar refractivity (Wildman–Crippen MR) is 81.8 cm³/mol. The lowest BCUT2D eigenvalue weighted by molar-refractivity contribution is 0.632. The molecule has 0 radical (unpaired) electrons. The number of halogens is 2. The maximum atomic E-state index is 13.9. The monoisotopic (exact) mass is 305 g/mol. The van der Waals surface area contributed by atoms with Crippen LogP contribution in [0, 0.1) is 5.82 Å². The van der Waals surface area contributed by atoms with Crippen LogP contribution in [0.2, 0.25) is 5.02 Å². The first-order chi connectivity index (χ1) is 10.2. The fraction of sp³-hybridized carbons (Fsp3) is 0.143. The molecular weight excluding hydrogens is 293 g/mol. The van der Waals surface area contributed by atoms with Gasteiger partial charge < -0.3 is 15.0 Å². The number of benzene rings is 1. The van der Waals surface area contributed by atoms with Crippen molar-refractivity contribution in [1.29, 1.82) is 0 Å². The maximum Gasteiger partial charge on any atom is 0.180 e. The van der Waals surface area contributed by atoms with E-state index in [0.29, 0.717) is 17.3 Å². The molecule has 2 N–H and O–H groups in total. The van der Waals surface area contributed by atoms with Gasteiger partial charge in [-0.15, -0.1) is 0 Å². The van der Waals surface area contributed by atoms with Crippen LogP contribution in [0.25, 0.3) is 5.65 Å². The molecule has 0 saturated carbocycles. The van der Waals surface area contributed by atoms with Crippen molar-refractivity contribution in [1.82, 2.24) is 14.4 Å². The average molecular weight is 306 g/mol. The number of hydrogen-bond donors (Lipinski definition) is 2. The molecule has 2 heterocycles. The molecule has 0 spiro atoms. The average Bonchev–Trinajstić information content (AvgIpc) is 2.92. The molecule has 0 aliphatic carbocycles. The Labute approximate surface area is 125 Å². The van der Waals surface area contributed by atoms with E-state index in [1.165, 1.54) is 6.07 Å². The predicted octanol–water partition coefficient (Wildman–Crippen LogP) is 3.70. The molecule has 2 aromatic heterocycles. The van der Waals surface area contributed by atoms with Crippen LogP contribution in [-0.2, 0) is 0 Å². The summed E-state index contributed by atoms with van der Waals surface area (Å²) in [5.74, 6) is 0.659. The van der Waals surface area contributed by atoms with Crippen LogP contribution >= 0.6 is 11.6 Å². The van der Waals surface area contributed by atoms with E-state index in [4.69, 9.17) is 11.6 Å².